The second kappa shape index (κ2) is 22.7. The molecule has 0 amide bonds. The fourth-order valence-corrected chi connectivity index (χ4v) is 11.5. The maximum atomic E-state index is 11.9. The van der Waals surface area contributed by atoms with E-state index in [4.69, 9.17) is 9.47 Å². The minimum Gasteiger partial charge on any atom is -0.507 e. The zero-order chi connectivity index (χ0) is 58.2. The van der Waals surface area contributed by atoms with E-state index >= 15 is 0 Å². The van der Waals surface area contributed by atoms with Crippen molar-refractivity contribution in [2.75, 3.05) is 14.2 Å². The number of phenols is 8. The van der Waals surface area contributed by atoms with E-state index in [0.717, 1.165) is 11.1 Å². The van der Waals surface area contributed by atoms with Gasteiger partial charge in [0.25, 0.3) is 0 Å². The van der Waals surface area contributed by atoms with Crippen molar-refractivity contribution in [3.8, 4) is 68.6 Å². The lowest BCUT2D eigenvalue weighted by Gasteiger charge is -2.17. The van der Waals surface area contributed by atoms with Crippen molar-refractivity contribution in [3.05, 3.63) is 259 Å². The first-order valence-corrected chi connectivity index (χ1v) is 27.5. The number of ether oxygens (including phenoxy) is 2. The number of phenolic OH excluding ortho intramolecular Hbond substituents is 8. The van der Waals surface area contributed by atoms with Crippen molar-refractivity contribution in [1.82, 2.24) is 0 Å². The molecule has 84 heavy (non-hydrogen) atoms. The van der Waals surface area contributed by atoms with Gasteiger partial charge in [0.1, 0.15) is 68.9 Å². The Hall–Kier alpha value is -10.6. The van der Waals surface area contributed by atoms with Gasteiger partial charge in [-0.2, -0.15) is 10.2 Å². The molecule has 10 aromatic rings. The molecule has 0 aliphatic heterocycles. The van der Waals surface area contributed by atoms with Gasteiger partial charge in [-0.25, -0.2) is 0 Å². The predicted octanol–water partition coefficient (Wildman–Crippen LogP) is 15.2. The van der Waals surface area contributed by atoms with Gasteiger partial charge in [-0.15, -0.1) is 10.2 Å². The fourth-order valence-electron chi connectivity index (χ4n) is 11.5. The largest absolute Gasteiger partial charge is 0.507 e. The van der Waals surface area contributed by atoms with E-state index in [9.17, 15) is 40.9 Å². The summed E-state index contributed by atoms with van der Waals surface area (Å²) < 4.78 is 11.7. The van der Waals surface area contributed by atoms with Gasteiger partial charge in [-0.1, -0.05) is 121 Å². The number of rotatable bonds is 7. The third-order valence-electron chi connectivity index (χ3n) is 16.0. The SMILES string of the molecule is COc1cc(-c2ccc(N=Nc3cc4c(O)c(c3)Cc3cccc(c3O)Cc3cccc(c3O)Cc3cccc(c3O)C4)c(OC)c2)ccc1N=Nc1cc2c(O)c(c1)Cc1cccc(c1O)Cc1cccc(c1O)Cc1cccc(c1O)C2. The van der Waals surface area contributed by atoms with Crippen LogP contribution in [0.15, 0.2) is 190 Å². The summed E-state index contributed by atoms with van der Waals surface area (Å²) in [5, 5.41) is 111. The molecule has 0 saturated heterocycles. The second-order valence-corrected chi connectivity index (χ2v) is 21.4. The van der Waals surface area contributed by atoms with Crippen LogP contribution in [0.5, 0.6) is 57.5 Å². The first kappa shape index (κ1) is 54.0. The number of aromatic hydroxyl groups is 8. The molecule has 16 bridgehead atoms. The summed E-state index contributed by atoms with van der Waals surface area (Å²) in [5.41, 5.74) is 12.4. The molecule has 14 nitrogen and oxygen atoms in total. The van der Waals surface area contributed by atoms with Gasteiger partial charge in [0.05, 0.1) is 25.6 Å². The molecule has 0 spiro atoms. The number of para-hydroxylation sites is 6. The molecular weight excluding hydrogens is 1060 g/mol. The maximum absolute atomic E-state index is 11.9. The smallest absolute Gasteiger partial charge is 0.146 e. The van der Waals surface area contributed by atoms with Crippen molar-refractivity contribution in [2.24, 2.45) is 20.5 Å². The van der Waals surface area contributed by atoms with Crippen LogP contribution in [-0.4, -0.2) is 55.1 Å². The number of hydrogen-bond donors (Lipinski definition) is 8. The van der Waals surface area contributed by atoms with Gasteiger partial charge in [0, 0.05) is 73.6 Å². The molecule has 0 fully saturated rings. The van der Waals surface area contributed by atoms with Crippen LogP contribution in [0.2, 0.25) is 0 Å². The minimum absolute atomic E-state index is 0.00229. The molecule has 2 aliphatic rings. The Bertz CT molecular complexity index is 3840. The highest BCUT2D eigenvalue weighted by molar-refractivity contribution is 5.74. The van der Waals surface area contributed by atoms with Gasteiger partial charge in [0.2, 0.25) is 0 Å². The zero-order valence-corrected chi connectivity index (χ0v) is 46.0. The van der Waals surface area contributed by atoms with Crippen LogP contribution in [-0.2, 0) is 51.4 Å². The molecule has 2 aliphatic carbocycles. The van der Waals surface area contributed by atoms with Gasteiger partial charge < -0.3 is 50.3 Å². The lowest BCUT2D eigenvalue weighted by Crippen LogP contribution is -2.00. The lowest BCUT2D eigenvalue weighted by molar-refractivity contribution is 0.415. The highest BCUT2D eigenvalue weighted by Gasteiger charge is 2.23. The summed E-state index contributed by atoms with van der Waals surface area (Å²) in [6.07, 6.45) is 1.62. The molecule has 0 unspecified atom stereocenters. The average molecular weight is 1120 g/mol. The molecule has 14 heteroatoms. The molecule has 0 saturated carbocycles. The first-order valence-electron chi connectivity index (χ1n) is 27.5. The number of fused-ring (bicyclic) bond motifs is 16. The van der Waals surface area contributed by atoms with E-state index in [1.807, 2.05) is 109 Å². The van der Waals surface area contributed by atoms with Gasteiger partial charge in [-0.3, -0.25) is 0 Å². The third-order valence-corrected chi connectivity index (χ3v) is 16.0. The second-order valence-electron chi connectivity index (χ2n) is 21.4. The Labute approximate surface area is 484 Å². The molecule has 0 radical (unpaired) electrons. The molecular formula is C70H58N4O10. The third kappa shape index (κ3) is 10.8. The zero-order valence-electron chi connectivity index (χ0n) is 46.0. The monoisotopic (exact) mass is 1110 g/mol. The van der Waals surface area contributed by atoms with Gasteiger partial charge in [0.15, 0.2) is 0 Å². The molecule has 8 N–H and O–H groups in total. The van der Waals surface area contributed by atoms with Crippen molar-refractivity contribution in [1.29, 1.82) is 0 Å². The predicted molar refractivity (Wildman–Crippen MR) is 321 cm³/mol. The number of benzene rings is 10. The minimum atomic E-state index is 0.00229. The van der Waals surface area contributed by atoms with Gasteiger partial charge >= 0.3 is 0 Å². The standard InChI is InChI=1S/C70H58N4O10/c1-83-61-37-39(21-23-59(61)73-71-57-33-53-29-49-17-5-13-45(65(49)77)25-41-9-3-10-42(63(41)75)26-46-14-6-18-50(66(46)78)30-54(34-57)69(53)81)40-22-24-60(62(38-40)84-2)74-72-58-35-55-31-51-19-7-15-47(67(51)79)27-43-11-4-12-44(64(43)76)28-48-16-8-20-52(68(48)80)32-56(36-58)70(55)82/h3-24,33-38,75-82H,25-32H2,1-2H3. The van der Waals surface area contributed by atoms with Crippen LogP contribution in [0.1, 0.15) is 89.0 Å². The number of azo groups is 2. The summed E-state index contributed by atoms with van der Waals surface area (Å²) in [5.74, 6) is 1.31. The number of methoxy groups -OCH3 is 2. The van der Waals surface area contributed by atoms with E-state index in [2.05, 4.69) is 20.5 Å². The summed E-state index contributed by atoms with van der Waals surface area (Å²) in [6, 6.07) is 50.7. The maximum Gasteiger partial charge on any atom is 0.146 e. The van der Waals surface area contributed by atoms with Gasteiger partial charge in [-0.05, 0) is 126 Å². The van der Waals surface area contributed by atoms with Crippen LogP contribution >= 0.6 is 0 Å². The average Bonchev–Trinajstić information content (AvgIpc) is 3.57. The molecule has 0 aromatic heterocycles. The highest BCUT2D eigenvalue weighted by Crippen LogP contribution is 2.44. The van der Waals surface area contributed by atoms with Crippen LogP contribution in [0, 0.1) is 0 Å². The Balaban J connectivity index is 0.837. The molecule has 10 aromatic carbocycles. The van der Waals surface area contributed by atoms with E-state index < -0.39 is 0 Å². The molecule has 0 atom stereocenters. The van der Waals surface area contributed by atoms with Crippen LogP contribution in [0.4, 0.5) is 22.7 Å². The van der Waals surface area contributed by atoms with E-state index in [1.54, 1.807) is 74.9 Å². The summed E-state index contributed by atoms with van der Waals surface area (Å²) in [6.45, 7) is 0. The van der Waals surface area contributed by atoms with Crippen LogP contribution in [0.25, 0.3) is 11.1 Å². The molecule has 0 heterocycles. The number of hydrogen-bond acceptors (Lipinski definition) is 14. The lowest BCUT2D eigenvalue weighted by atomic mass is 9.91. The molecule has 418 valence electrons. The Morgan fingerprint density at radius 3 is 0.667 bits per heavy atom. The van der Waals surface area contributed by atoms with Crippen LogP contribution < -0.4 is 9.47 Å². The highest BCUT2D eigenvalue weighted by atomic mass is 16.5. The summed E-state index contributed by atoms with van der Waals surface area (Å²) in [4.78, 5) is 0. The Morgan fingerprint density at radius 1 is 0.250 bits per heavy atom. The normalized spacial score (nSPS) is 13.0. The van der Waals surface area contributed by atoms with E-state index in [0.29, 0.717) is 123 Å². The Kier molecular flexibility index (Phi) is 14.6. The summed E-state index contributed by atoms with van der Waals surface area (Å²) in [7, 11) is 3.09. The van der Waals surface area contributed by atoms with Crippen molar-refractivity contribution in [2.45, 2.75) is 51.4 Å². The van der Waals surface area contributed by atoms with E-state index in [-0.39, 0.29) is 97.4 Å². The van der Waals surface area contributed by atoms with Crippen molar-refractivity contribution < 1.29 is 50.3 Å². The number of nitrogens with zero attached hydrogens (tertiary/aromatic N) is 4. The first-order chi connectivity index (χ1) is 40.8. The van der Waals surface area contributed by atoms with Crippen molar-refractivity contribution in [3.63, 3.8) is 0 Å². The topological polar surface area (TPSA) is 230 Å². The summed E-state index contributed by atoms with van der Waals surface area (Å²) >= 11 is 0. The fraction of sp³-hybridized carbons (Fsp3) is 0.143. The van der Waals surface area contributed by atoms with E-state index in [1.165, 1.54) is 0 Å². The van der Waals surface area contributed by atoms with Crippen LogP contribution in [0.3, 0.4) is 0 Å². The van der Waals surface area contributed by atoms with Crippen molar-refractivity contribution >= 4 is 22.7 Å². The quantitative estimate of drug-likeness (QED) is 0.0704. The Morgan fingerprint density at radius 2 is 0.452 bits per heavy atom. The molecule has 12 rings (SSSR count).